The summed E-state index contributed by atoms with van der Waals surface area (Å²) in [4.78, 5) is 14.9. The third kappa shape index (κ3) is 1.75. The highest BCUT2D eigenvalue weighted by molar-refractivity contribution is 6.32. The van der Waals surface area contributed by atoms with Crippen LogP contribution in [-0.4, -0.2) is 32.7 Å². The number of hydrogen-bond acceptors (Lipinski definition) is 5. The van der Waals surface area contributed by atoms with E-state index in [1.165, 1.54) is 13.3 Å². The minimum absolute atomic E-state index is 0.0536. The quantitative estimate of drug-likeness (QED) is 0.698. The second-order valence-corrected chi connectivity index (χ2v) is 3.14. The molecule has 0 aromatic carbocycles. The predicted molar refractivity (Wildman–Crippen MR) is 51.5 cm³/mol. The maximum Gasteiger partial charge on any atom is 0.313 e. The molecule has 0 radical (unpaired) electrons. The number of esters is 1. The smallest absolute Gasteiger partial charge is 0.313 e. The summed E-state index contributed by atoms with van der Waals surface area (Å²) in [6.07, 6.45) is 3.21. The number of rotatable bonds is 2. The van der Waals surface area contributed by atoms with Crippen molar-refractivity contribution in [1.82, 2.24) is 19.6 Å². The molecule has 0 N–H and O–H groups in total. The van der Waals surface area contributed by atoms with Crippen molar-refractivity contribution < 1.29 is 9.53 Å². The normalized spacial score (nSPS) is 10.5. The molecule has 6 nitrogen and oxygen atoms in total. The third-order valence-corrected chi connectivity index (χ3v) is 2.15. The van der Waals surface area contributed by atoms with Crippen molar-refractivity contribution in [2.24, 2.45) is 0 Å². The van der Waals surface area contributed by atoms with Crippen LogP contribution in [0.3, 0.4) is 0 Å². The molecule has 0 spiro atoms. The fourth-order valence-corrected chi connectivity index (χ4v) is 1.35. The van der Waals surface area contributed by atoms with Gasteiger partial charge in [-0.25, -0.2) is 4.98 Å². The lowest BCUT2D eigenvalue weighted by atomic mass is 10.4. The van der Waals surface area contributed by atoms with E-state index in [4.69, 9.17) is 11.6 Å². The van der Waals surface area contributed by atoms with E-state index >= 15 is 0 Å². The van der Waals surface area contributed by atoms with E-state index in [2.05, 4.69) is 19.9 Å². The molecule has 2 rings (SSSR count). The minimum Gasteiger partial charge on any atom is -0.469 e. The van der Waals surface area contributed by atoms with Crippen molar-refractivity contribution in [2.75, 3.05) is 7.11 Å². The van der Waals surface area contributed by atoms with E-state index in [9.17, 15) is 4.79 Å². The molecule has 0 atom stereocenters. The van der Waals surface area contributed by atoms with Gasteiger partial charge in [0, 0.05) is 12.4 Å². The van der Waals surface area contributed by atoms with Crippen LogP contribution in [0.2, 0.25) is 5.15 Å². The largest absolute Gasteiger partial charge is 0.469 e. The Balaban J connectivity index is 2.45. The van der Waals surface area contributed by atoms with Crippen molar-refractivity contribution in [2.45, 2.75) is 6.42 Å². The Bertz CT molecular complexity index is 510. The summed E-state index contributed by atoms with van der Waals surface area (Å²) in [5, 5.41) is 7.90. The molecule has 0 unspecified atom stereocenters. The van der Waals surface area contributed by atoms with E-state index in [0.717, 1.165) is 0 Å². The Morgan fingerprint density at radius 1 is 1.60 bits per heavy atom. The molecule has 0 aliphatic carbocycles. The zero-order valence-corrected chi connectivity index (χ0v) is 8.60. The van der Waals surface area contributed by atoms with Crippen LogP contribution in [0.4, 0.5) is 0 Å². The number of carbonyl (C=O) groups excluding carboxylic acids is 1. The lowest BCUT2D eigenvalue weighted by Gasteiger charge is -1.98. The van der Waals surface area contributed by atoms with Gasteiger partial charge in [-0.15, -0.1) is 10.2 Å². The molecule has 7 heteroatoms. The van der Waals surface area contributed by atoms with Crippen LogP contribution in [0.5, 0.6) is 0 Å². The van der Waals surface area contributed by atoms with Gasteiger partial charge in [0.2, 0.25) is 0 Å². The second-order valence-electron chi connectivity index (χ2n) is 2.78. The Morgan fingerprint density at radius 3 is 3.13 bits per heavy atom. The maximum absolute atomic E-state index is 11.1. The van der Waals surface area contributed by atoms with Gasteiger partial charge in [0.15, 0.2) is 10.8 Å². The average Bonchev–Trinajstić information content (AvgIpc) is 2.63. The first-order valence-corrected chi connectivity index (χ1v) is 4.51. The number of methoxy groups -OCH3 is 1. The lowest BCUT2D eigenvalue weighted by molar-refractivity contribution is -0.139. The highest BCUT2D eigenvalue weighted by Crippen LogP contribution is 2.12. The van der Waals surface area contributed by atoms with Crippen molar-refractivity contribution in [3.63, 3.8) is 0 Å². The number of fused-ring (bicyclic) bond motifs is 1. The Morgan fingerprint density at radius 2 is 2.40 bits per heavy atom. The molecule has 0 aliphatic rings. The molecule has 0 bridgehead atoms. The number of carbonyl (C=O) groups is 1. The lowest BCUT2D eigenvalue weighted by Crippen LogP contribution is -2.07. The van der Waals surface area contributed by atoms with Gasteiger partial charge >= 0.3 is 5.97 Å². The van der Waals surface area contributed by atoms with Crippen molar-refractivity contribution in [1.29, 1.82) is 0 Å². The van der Waals surface area contributed by atoms with Crippen LogP contribution in [0.15, 0.2) is 12.4 Å². The first-order valence-electron chi connectivity index (χ1n) is 4.13. The van der Waals surface area contributed by atoms with Gasteiger partial charge in [0.1, 0.15) is 12.2 Å². The van der Waals surface area contributed by atoms with Crippen LogP contribution in [-0.2, 0) is 16.0 Å². The Kier molecular flexibility index (Phi) is 2.51. The molecular weight excluding hydrogens is 220 g/mol. The standard InChI is InChI=1S/C8H7ClN4O2/c1-15-6(14)4-5-11-12-8-7(9)10-2-3-13(5)8/h2-3H,4H2,1H3. The number of nitrogens with zero attached hydrogens (tertiary/aromatic N) is 4. The summed E-state index contributed by atoms with van der Waals surface area (Å²) in [5.74, 6) is 0.0957. The number of ether oxygens (including phenoxy) is 1. The van der Waals surface area contributed by atoms with Crippen LogP contribution >= 0.6 is 11.6 Å². The van der Waals surface area contributed by atoms with Crippen molar-refractivity contribution in [3.8, 4) is 0 Å². The van der Waals surface area contributed by atoms with Gasteiger partial charge in [-0.3, -0.25) is 9.20 Å². The van der Waals surface area contributed by atoms with Gasteiger partial charge in [-0.1, -0.05) is 11.6 Å². The summed E-state index contributed by atoms with van der Waals surface area (Å²) < 4.78 is 6.14. The van der Waals surface area contributed by atoms with Crippen LogP contribution in [0.25, 0.3) is 5.65 Å². The van der Waals surface area contributed by atoms with Crippen molar-refractivity contribution in [3.05, 3.63) is 23.4 Å². The zero-order valence-electron chi connectivity index (χ0n) is 7.85. The predicted octanol–water partition coefficient (Wildman–Crippen LogP) is 0.493. The summed E-state index contributed by atoms with van der Waals surface area (Å²) >= 11 is 5.79. The van der Waals surface area contributed by atoms with Gasteiger partial charge < -0.3 is 4.74 Å². The van der Waals surface area contributed by atoms with Gasteiger partial charge in [0.05, 0.1) is 7.11 Å². The zero-order chi connectivity index (χ0) is 10.8. The summed E-state index contributed by atoms with van der Waals surface area (Å²) in [6, 6.07) is 0. The van der Waals surface area contributed by atoms with Gasteiger partial charge in [0.25, 0.3) is 0 Å². The first kappa shape index (κ1) is 9.85. The number of halogens is 1. The van der Waals surface area contributed by atoms with E-state index in [-0.39, 0.29) is 17.5 Å². The number of aromatic nitrogens is 4. The molecule has 15 heavy (non-hydrogen) atoms. The summed E-state index contributed by atoms with van der Waals surface area (Å²) in [5.41, 5.74) is 0.429. The van der Waals surface area contributed by atoms with E-state index in [1.54, 1.807) is 10.6 Å². The summed E-state index contributed by atoms with van der Waals surface area (Å²) in [6.45, 7) is 0. The third-order valence-electron chi connectivity index (χ3n) is 1.88. The molecule has 0 amide bonds. The highest BCUT2D eigenvalue weighted by atomic mass is 35.5. The molecule has 2 aromatic heterocycles. The molecule has 2 aromatic rings. The molecule has 0 aliphatic heterocycles. The molecule has 78 valence electrons. The van der Waals surface area contributed by atoms with E-state index < -0.39 is 0 Å². The summed E-state index contributed by atoms with van der Waals surface area (Å²) in [7, 11) is 1.32. The minimum atomic E-state index is -0.378. The van der Waals surface area contributed by atoms with E-state index in [0.29, 0.717) is 11.5 Å². The maximum atomic E-state index is 11.1. The van der Waals surface area contributed by atoms with Gasteiger partial charge in [-0.05, 0) is 0 Å². The van der Waals surface area contributed by atoms with Crippen molar-refractivity contribution >= 4 is 23.2 Å². The highest BCUT2D eigenvalue weighted by Gasteiger charge is 2.12. The van der Waals surface area contributed by atoms with E-state index in [1.807, 2.05) is 0 Å². The molecule has 0 saturated carbocycles. The van der Waals surface area contributed by atoms with Crippen LogP contribution in [0.1, 0.15) is 5.82 Å². The Hall–Kier alpha value is -1.69. The molecule has 2 heterocycles. The Labute approximate surface area is 89.9 Å². The number of hydrogen-bond donors (Lipinski definition) is 0. The molecule has 0 fully saturated rings. The average molecular weight is 227 g/mol. The monoisotopic (exact) mass is 226 g/mol. The fourth-order valence-electron chi connectivity index (χ4n) is 1.17. The van der Waals surface area contributed by atoms with Gasteiger partial charge in [-0.2, -0.15) is 0 Å². The second kappa shape index (κ2) is 3.82. The van der Waals surface area contributed by atoms with Crippen LogP contribution in [0, 0.1) is 0 Å². The molecule has 0 saturated heterocycles. The SMILES string of the molecule is COC(=O)Cc1nnc2c(Cl)nccn12. The molecular formula is C8H7ClN4O2. The first-order chi connectivity index (χ1) is 7.22. The van der Waals surface area contributed by atoms with Crippen LogP contribution < -0.4 is 0 Å². The fraction of sp³-hybridized carbons (Fsp3) is 0.250. The topological polar surface area (TPSA) is 69.4 Å².